The first-order valence-corrected chi connectivity index (χ1v) is 3.84. The molecule has 1 amide bonds. The van der Waals surface area contributed by atoms with E-state index in [2.05, 4.69) is 10.3 Å². The average Bonchev–Trinajstić information content (AvgIpc) is 2.65. The van der Waals surface area contributed by atoms with Crippen molar-refractivity contribution < 1.29 is 4.79 Å². The number of imidazole rings is 1. The minimum Gasteiger partial charge on any atom is -0.393 e. The minimum absolute atomic E-state index is 0.149. The maximum atomic E-state index is 11.5. The van der Waals surface area contributed by atoms with Gasteiger partial charge in [0.2, 0.25) is 0 Å². The summed E-state index contributed by atoms with van der Waals surface area (Å²) >= 11 is 0. The number of hydrogen-bond acceptors (Lipinski definition) is 3. The molecule has 1 aromatic heterocycles. The van der Waals surface area contributed by atoms with Gasteiger partial charge in [-0.1, -0.05) is 0 Å². The van der Waals surface area contributed by atoms with Crippen LogP contribution in [0.4, 0.5) is 4.79 Å². The third-order valence-electron chi connectivity index (χ3n) is 1.49. The fourth-order valence-corrected chi connectivity index (χ4v) is 0.805. The third kappa shape index (κ3) is 2.33. The van der Waals surface area contributed by atoms with Crippen molar-refractivity contribution in [3.8, 4) is 0 Å². The summed E-state index contributed by atoms with van der Waals surface area (Å²) in [4.78, 5) is 16.7. The first kappa shape index (κ1) is 9.31. The summed E-state index contributed by atoms with van der Waals surface area (Å²) in [6.07, 6.45) is 7.95. The summed E-state index contributed by atoms with van der Waals surface area (Å²) in [5.41, 5.74) is 0. The summed E-state index contributed by atoms with van der Waals surface area (Å²) in [6.45, 7) is 0. The van der Waals surface area contributed by atoms with E-state index in [0.29, 0.717) is 0 Å². The van der Waals surface area contributed by atoms with Gasteiger partial charge in [0.05, 0.1) is 0 Å². The summed E-state index contributed by atoms with van der Waals surface area (Å²) in [5.74, 6) is 0. The van der Waals surface area contributed by atoms with E-state index in [9.17, 15) is 4.79 Å². The Hall–Kier alpha value is -1.78. The quantitative estimate of drug-likeness (QED) is 0.720. The van der Waals surface area contributed by atoms with Crippen LogP contribution in [0.25, 0.3) is 0 Å². The lowest BCUT2D eigenvalue weighted by molar-refractivity contribution is 0.224. The van der Waals surface area contributed by atoms with Crippen LogP contribution in [-0.2, 0) is 0 Å². The van der Waals surface area contributed by atoms with Gasteiger partial charge in [0.1, 0.15) is 6.33 Å². The molecule has 0 aliphatic carbocycles. The van der Waals surface area contributed by atoms with Crippen molar-refractivity contribution in [2.24, 2.45) is 0 Å². The van der Waals surface area contributed by atoms with Gasteiger partial charge in [-0.15, -0.1) is 0 Å². The lowest BCUT2D eigenvalue weighted by Crippen LogP contribution is -2.25. The molecule has 5 heteroatoms. The zero-order valence-electron chi connectivity index (χ0n) is 7.64. The second kappa shape index (κ2) is 4.30. The van der Waals surface area contributed by atoms with E-state index in [1.165, 1.54) is 15.8 Å². The molecular weight excluding hydrogens is 168 g/mol. The van der Waals surface area contributed by atoms with Crippen LogP contribution in [0.5, 0.6) is 0 Å². The normalized spacial score (nSPS) is 10.3. The van der Waals surface area contributed by atoms with Gasteiger partial charge in [-0.05, 0) is 0 Å². The second-order valence-corrected chi connectivity index (χ2v) is 2.47. The maximum Gasteiger partial charge on any atom is 0.333 e. The van der Waals surface area contributed by atoms with Crippen molar-refractivity contribution in [2.75, 3.05) is 14.1 Å². The van der Waals surface area contributed by atoms with Crippen molar-refractivity contribution in [3.05, 3.63) is 31.1 Å². The van der Waals surface area contributed by atoms with Gasteiger partial charge in [0.25, 0.3) is 0 Å². The Morgan fingerprint density at radius 3 is 3.00 bits per heavy atom. The Balaban J connectivity index is 2.63. The van der Waals surface area contributed by atoms with E-state index < -0.39 is 0 Å². The van der Waals surface area contributed by atoms with Crippen LogP contribution in [0.1, 0.15) is 0 Å². The molecule has 0 bridgehead atoms. The third-order valence-corrected chi connectivity index (χ3v) is 1.49. The Labute approximate surface area is 76.7 Å². The molecule has 5 nitrogen and oxygen atoms in total. The van der Waals surface area contributed by atoms with Crippen molar-refractivity contribution in [1.29, 1.82) is 0 Å². The lowest BCUT2D eigenvalue weighted by Gasteiger charge is -2.11. The molecule has 0 spiro atoms. The van der Waals surface area contributed by atoms with Crippen molar-refractivity contribution in [1.82, 2.24) is 19.8 Å². The maximum absolute atomic E-state index is 11.5. The molecule has 0 aliphatic heterocycles. The molecule has 0 atom stereocenters. The number of rotatable bonds is 2. The van der Waals surface area contributed by atoms with Gasteiger partial charge in [-0.25, -0.2) is 9.78 Å². The number of amides is 1. The highest BCUT2D eigenvalue weighted by Crippen LogP contribution is 1.93. The van der Waals surface area contributed by atoms with Crippen molar-refractivity contribution in [2.45, 2.75) is 0 Å². The van der Waals surface area contributed by atoms with Crippen LogP contribution in [0, 0.1) is 0 Å². The second-order valence-electron chi connectivity index (χ2n) is 2.47. The van der Waals surface area contributed by atoms with E-state index >= 15 is 0 Å². The largest absolute Gasteiger partial charge is 0.393 e. The molecule has 70 valence electrons. The van der Waals surface area contributed by atoms with E-state index in [1.54, 1.807) is 38.9 Å². The van der Waals surface area contributed by atoms with Crippen LogP contribution in [-0.4, -0.2) is 34.6 Å². The SMILES string of the molecule is CN/C=C\N(C)C(=O)n1ccnc1. The molecule has 0 radical (unpaired) electrons. The highest BCUT2D eigenvalue weighted by atomic mass is 16.2. The molecule has 0 fully saturated rings. The molecule has 0 aromatic carbocycles. The lowest BCUT2D eigenvalue weighted by atomic mass is 10.7. The van der Waals surface area contributed by atoms with Gasteiger partial charge in [-0.3, -0.25) is 4.57 Å². The smallest absolute Gasteiger partial charge is 0.333 e. The molecule has 13 heavy (non-hydrogen) atoms. The molecule has 0 aliphatic rings. The number of nitrogens with zero attached hydrogens (tertiary/aromatic N) is 3. The number of hydrogen-bond donors (Lipinski definition) is 1. The van der Waals surface area contributed by atoms with Crippen LogP contribution < -0.4 is 5.32 Å². The fourth-order valence-electron chi connectivity index (χ4n) is 0.805. The zero-order chi connectivity index (χ0) is 9.68. The summed E-state index contributed by atoms with van der Waals surface area (Å²) in [6, 6.07) is -0.149. The Bertz CT molecular complexity index is 291. The predicted octanol–water partition coefficient (Wildman–Crippen LogP) is 0.474. The number of carbonyl (C=O) groups excluding carboxylic acids is 1. The summed E-state index contributed by atoms with van der Waals surface area (Å²) in [7, 11) is 3.45. The molecule has 1 heterocycles. The zero-order valence-corrected chi connectivity index (χ0v) is 7.64. The first-order chi connectivity index (χ1) is 6.25. The number of aromatic nitrogens is 2. The highest BCUT2D eigenvalue weighted by Gasteiger charge is 2.06. The van der Waals surface area contributed by atoms with Crippen LogP contribution in [0.15, 0.2) is 31.1 Å². The van der Waals surface area contributed by atoms with Gasteiger partial charge in [-0.2, -0.15) is 0 Å². The van der Waals surface area contributed by atoms with Crippen LogP contribution >= 0.6 is 0 Å². The Morgan fingerprint density at radius 1 is 1.69 bits per heavy atom. The van der Waals surface area contributed by atoms with Gasteiger partial charge < -0.3 is 10.2 Å². The van der Waals surface area contributed by atoms with Crippen LogP contribution in [0.3, 0.4) is 0 Å². The van der Waals surface area contributed by atoms with E-state index in [1.807, 2.05) is 0 Å². The van der Waals surface area contributed by atoms with Gasteiger partial charge in [0, 0.05) is 38.9 Å². The van der Waals surface area contributed by atoms with Crippen molar-refractivity contribution in [3.63, 3.8) is 0 Å². The summed E-state index contributed by atoms with van der Waals surface area (Å²) in [5, 5.41) is 2.80. The van der Waals surface area contributed by atoms with E-state index in [-0.39, 0.29) is 6.03 Å². The average molecular weight is 180 g/mol. The monoisotopic (exact) mass is 180 g/mol. The molecule has 0 saturated carbocycles. The molecule has 1 rings (SSSR count). The Morgan fingerprint density at radius 2 is 2.46 bits per heavy atom. The number of carbonyl (C=O) groups is 1. The van der Waals surface area contributed by atoms with E-state index in [4.69, 9.17) is 0 Å². The fraction of sp³-hybridized carbons (Fsp3) is 0.250. The summed E-state index contributed by atoms with van der Waals surface area (Å²) < 4.78 is 1.40. The van der Waals surface area contributed by atoms with Gasteiger partial charge in [0.15, 0.2) is 0 Å². The highest BCUT2D eigenvalue weighted by molar-refractivity contribution is 5.77. The standard InChI is InChI=1S/C8H12N4O/c1-9-3-5-11(2)8(13)12-6-4-10-7-12/h3-7,9H,1-2H3/b5-3-. The molecule has 1 aromatic rings. The topological polar surface area (TPSA) is 50.2 Å². The first-order valence-electron chi connectivity index (χ1n) is 3.84. The molecule has 0 unspecified atom stereocenters. The minimum atomic E-state index is -0.149. The van der Waals surface area contributed by atoms with Crippen molar-refractivity contribution >= 4 is 6.03 Å². The van der Waals surface area contributed by atoms with Gasteiger partial charge >= 0.3 is 6.03 Å². The Kier molecular flexibility index (Phi) is 3.08. The molecule has 1 N–H and O–H groups in total. The van der Waals surface area contributed by atoms with Crippen LogP contribution in [0.2, 0.25) is 0 Å². The predicted molar refractivity (Wildman–Crippen MR) is 49.0 cm³/mol. The van der Waals surface area contributed by atoms with E-state index in [0.717, 1.165) is 0 Å². The molecular formula is C8H12N4O. The molecule has 0 saturated heterocycles. The number of nitrogens with one attached hydrogen (secondary N) is 1.